The van der Waals surface area contributed by atoms with Crippen molar-refractivity contribution in [2.24, 2.45) is 0 Å². The van der Waals surface area contributed by atoms with Gasteiger partial charge in [0.25, 0.3) is 0 Å². The topological polar surface area (TPSA) is 103 Å². The average molecular weight is 438 g/mol. The molecule has 5 heterocycles. The summed E-state index contributed by atoms with van der Waals surface area (Å²) in [7, 11) is 3.90. The van der Waals surface area contributed by atoms with Crippen LogP contribution in [0, 0.1) is 0 Å². The van der Waals surface area contributed by atoms with E-state index in [4.69, 9.17) is 0 Å². The van der Waals surface area contributed by atoms with Crippen molar-refractivity contribution in [3.8, 4) is 22.3 Å². The first-order valence-electron chi connectivity index (χ1n) is 10.6. The normalized spacial score (nSPS) is 11.7. The number of pyridine rings is 3. The molecule has 3 N–H and O–H groups in total. The van der Waals surface area contributed by atoms with Gasteiger partial charge in [0, 0.05) is 65.5 Å². The van der Waals surface area contributed by atoms with E-state index in [1.54, 1.807) is 12.4 Å². The molecule has 164 valence electrons. The van der Waals surface area contributed by atoms with Gasteiger partial charge >= 0.3 is 0 Å². The van der Waals surface area contributed by atoms with Crippen LogP contribution in [0.5, 0.6) is 0 Å². The Morgan fingerprint density at radius 1 is 0.970 bits per heavy atom. The molecule has 0 aliphatic rings. The molecule has 8 heteroatoms. The summed E-state index contributed by atoms with van der Waals surface area (Å²) in [5.74, 6) is 0.278. The lowest BCUT2D eigenvalue weighted by Crippen LogP contribution is -2.13. The van der Waals surface area contributed by atoms with E-state index >= 15 is 0 Å². The van der Waals surface area contributed by atoms with Gasteiger partial charge in [0.2, 0.25) is 5.91 Å². The number of H-pyrrole nitrogens is 2. The number of aromatic amines is 2. The predicted molar refractivity (Wildman–Crippen MR) is 131 cm³/mol. The smallest absolute Gasteiger partial charge is 0.249 e. The Kier molecular flexibility index (Phi) is 5.42. The fourth-order valence-corrected chi connectivity index (χ4v) is 3.80. The molecule has 0 aliphatic heterocycles. The number of nitrogens with one attached hydrogen (secondary N) is 3. The van der Waals surface area contributed by atoms with Crippen molar-refractivity contribution in [1.29, 1.82) is 0 Å². The maximum absolute atomic E-state index is 12.2. The molecule has 0 fully saturated rings. The van der Waals surface area contributed by atoms with E-state index < -0.39 is 0 Å². The number of rotatable bonds is 6. The van der Waals surface area contributed by atoms with Crippen LogP contribution in [0.2, 0.25) is 0 Å². The summed E-state index contributed by atoms with van der Waals surface area (Å²) in [6.45, 7) is 0.693. The summed E-state index contributed by atoms with van der Waals surface area (Å²) in [5.41, 5.74) is 5.64. The molecule has 0 spiro atoms. The first-order chi connectivity index (χ1) is 16.1. The number of hydrogen-bond donors (Lipinski definition) is 3. The van der Waals surface area contributed by atoms with Gasteiger partial charge < -0.3 is 20.2 Å². The highest BCUT2D eigenvalue weighted by atomic mass is 16.1. The Labute approximate surface area is 190 Å². The Morgan fingerprint density at radius 3 is 2.70 bits per heavy atom. The summed E-state index contributed by atoms with van der Waals surface area (Å²) >= 11 is 0. The van der Waals surface area contributed by atoms with Crippen molar-refractivity contribution in [1.82, 2.24) is 29.8 Å². The van der Waals surface area contributed by atoms with Crippen LogP contribution in [0.15, 0.2) is 73.5 Å². The van der Waals surface area contributed by atoms with E-state index in [1.807, 2.05) is 67.9 Å². The van der Waals surface area contributed by atoms with Crippen LogP contribution in [0.25, 0.3) is 44.3 Å². The Morgan fingerprint density at radius 2 is 1.82 bits per heavy atom. The van der Waals surface area contributed by atoms with Gasteiger partial charge in [-0.2, -0.15) is 0 Å². The molecule has 0 unspecified atom stereocenters. The quantitative estimate of drug-likeness (QED) is 0.345. The third kappa shape index (κ3) is 4.24. The maximum atomic E-state index is 12.2. The molecule has 5 rings (SSSR count). The highest BCUT2D eigenvalue weighted by molar-refractivity contribution is 6.03. The minimum Gasteiger partial charge on any atom is -0.346 e. The molecule has 0 saturated carbocycles. The van der Waals surface area contributed by atoms with E-state index in [2.05, 4.69) is 36.3 Å². The number of aromatic nitrogens is 5. The van der Waals surface area contributed by atoms with Crippen LogP contribution in [0.1, 0.15) is 0 Å². The van der Waals surface area contributed by atoms with Crippen molar-refractivity contribution in [3.05, 3.63) is 73.5 Å². The van der Waals surface area contributed by atoms with E-state index in [-0.39, 0.29) is 5.91 Å². The largest absolute Gasteiger partial charge is 0.346 e. The summed E-state index contributed by atoms with van der Waals surface area (Å²) in [6.07, 6.45) is 12.5. The van der Waals surface area contributed by atoms with Gasteiger partial charge in [-0.3, -0.25) is 4.79 Å². The van der Waals surface area contributed by atoms with Crippen LogP contribution < -0.4 is 5.32 Å². The SMILES string of the molecule is CN(C)C/C=C/C(=O)Nc1cc(-c2cnc3[nH]cc(-c4ccnc5[nH]ccc45)c3c2)ccn1. The van der Waals surface area contributed by atoms with Gasteiger partial charge in [0.1, 0.15) is 17.1 Å². The Balaban J connectivity index is 1.47. The molecule has 5 aromatic rings. The zero-order chi connectivity index (χ0) is 22.8. The molecular formula is C25H23N7O. The van der Waals surface area contributed by atoms with Crippen LogP contribution >= 0.6 is 0 Å². The van der Waals surface area contributed by atoms with Gasteiger partial charge in [0.15, 0.2) is 0 Å². The molecule has 8 nitrogen and oxygen atoms in total. The summed E-state index contributed by atoms with van der Waals surface area (Å²) in [4.78, 5) is 33.9. The molecule has 33 heavy (non-hydrogen) atoms. The van der Waals surface area contributed by atoms with Crippen molar-refractivity contribution in [2.45, 2.75) is 0 Å². The third-order valence-corrected chi connectivity index (χ3v) is 5.37. The van der Waals surface area contributed by atoms with E-state index in [0.717, 1.165) is 44.3 Å². The molecular weight excluding hydrogens is 414 g/mol. The first-order valence-corrected chi connectivity index (χ1v) is 10.6. The molecule has 0 saturated heterocycles. The fraction of sp³-hybridized carbons (Fsp3) is 0.120. The lowest BCUT2D eigenvalue weighted by Gasteiger charge is -2.07. The van der Waals surface area contributed by atoms with Crippen molar-refractivity contribution in [2.75, 3.05) is 26.0 Å². The molecule has 0 atom stereocenters. The molecule has 5 aromatic heterocycles. The number of likely N-dealkylation sites (N-methyl/N-ethyl adjacent to an activating group) is 1. The Hall–Kier alpha value is -4.30. The minimum atomic E-state index is -0.212. The number of amides is 1. The zero-order valence-electron chi connectivity index (χ0n) is 18.3. The number of hydrogen-bond acceptors (Lipinski definition) is 5. The number of carbonyl (C=O) groups excluding carboxylic acids is 1. The average Bonchev–Trinajstić information content (AvgIpc) is 3.45. The van der Waals surface area contributed by atoms with Crippen LogP contribution in [-0.2, 0) is 4.79 Å². The molecule has 0 aliphatic carbocycles. The van der Waals surface area contributed by atoms with Crippen molar-refractivity contribution < 1.29 is 4.79 Å². The summed E-state index contributed by atoms with van der Waals surface area (Å²) in [6, 6.07) is 9.89. The molecule has 0 aromatic carbocycles. The Bertz CT molecular complexity index is 1480. The number of fused-ring (bicyclic) bond motifs is 2. The van der Waals surface area contributed by atoms with Gasteiger partial charge in [-0.15, -0.1) is 0 Å². The van der Waals surface area contributed by atoms with E-state index in [9.17, 15) is 4.79 Å². The molecule has 0 radical (unpaired) electrons. The lowest BCUT2D eigenvalue weighted by atomic mass is 10.0. The predicted octanol–water partition coefficient (Wildman–Crippen LogP) is 4.22. The van der Waals surface area contributed by atoms with E-state index in [0.29, 0.717) is 12.4 Å². The highest BCUT2D eigenvalue weighted by Gasteiger charge is 2.13. The van der Waals surface area contributed by atoms with Gasteiger partial charge in [-0.1, -0.05) is 6.08 Å². The van der Waals surface area contributed by atoms with E-state index in [1.165, 1.54) is 6.08 Å². The third-order valence-electron chi connectivity index (χ3n) is 5.37. The zero-order valence-corrected chi connectivity index (χ0v) is 18.3. The molecule has 1 amide bonds. The molecule has 0 bridgehead atoms. The number of carbonyl (C=O) groups is 1. The van der Waals surface area contributed by atoms with Gasteiger partial charge in [-0.25, -0.2) is 15.0 Å². The minimum absolute atomic E-state index is 0.212. The second kappa shape index (κ2) is 8.68. The number of anilines is 1. The maximum Gasteiger partial charge on any atom is 0.249 e. The monoisotopic (exact) mass is 437 g/mol. The van der Waals surface area contributed by atoms with Crippen molar-refractivity contribution >= 4 is 33.8 Å². The standard InChI is InChI=1S/C25H23N7O/c1-32(2)11-3-4-23(33)31-22-13-16(5-8-26-22)17-12-20-21(15-30-25(20)29-14-17)18-6-9-27-24-19(18)7-10-28-24/h3-10,12-15H,11H2,1-2H3,(H,27,28)(H,29,30)(H,26,31,33)/b4-3+. The fourth-order valence-electron chi connectivity index (χ4n) is 3.80. The van der Waals surface area contributed by atoms with Gasteiger partial charge in [-0.05, 0) is 55.6 Å². The number of nitrogens with zero attached hydrogens (tertiary/aromatic N) is 4. The summed E-state index contributed by atoms with van der Waals surface area (Å²) in [5, 5.41) is 4.89. The van der Waals surface area contributed by atoms with Crippen LogP contribution in [-0.4, -0.2) is 56.4 Å². The summed E-state index contributed by atoms with van der Waals surface area (Å²) < 4.78 is 0. The second-order valence-corrected chi connectivity index (χ2v) is 8.00. The highest BCUT2D eigenvalue weighted by Crippen LogP contribution is 2.34. The first kappa shape index (κ1) is 20.6. The second-order valence-electron chi connectivity index (χ2n) is 8.00. The van der Waals surface area contributed by atoms with Gasteiger partial charge in [0.05, 0.1) is 0 Å². The van der Waals surface area contributed by atoms with Crippen LogP contribution in [0.3, 0.4) is 0 Å². The van der Waals surface area contributed by atoms with Crippen molar-refractivity contribution in [3.63, 3.8) is 0 Å². The van der Waals surface area contributed by atoms with Crippen LogP contribution in [0.4, 0.5) is 5.82 Å². The lowest BCUT2D eigenvalue weighted by molar-refractivity contribution is -0.111.